The van der Waals surface area contributed by atoms with E-state index in [9.17, 15) is 0 Å². The number of fused-ring (bicyclic) bond motifs is 1. The van der Waals surface area contributed by atoms with Gasteiger partial charge in [-0.15, -0.1) is 0 Å². The van der Waals surface area contributed by atoms with E-state index in [0.29, 0.717) is 0 Å². The molecule has 0 saturated carbocycles. The zero-order chi connectivity index (χ0) is 10.7. The normalized spacial score (nSPS) is 12.5. The Hall–Kier alpha value is -1.75. The molecule has 1 aromatic heterocycles. The molecule has 2 nitrogen and oxygen atoms in total. The van der Waals surface area contributed by atoms with Gasteiger partial charge in [-0.2, -0.15) is 5.26 Å². The number of nitriles is 1. The molecule has 0 saturated heterocycles. The molecule has 1 aromatic carbocycles. The highest BCUT2D eigenvalue weighted by Crippen LogP contribution is 2.21. The molecule has 0 aliphatic rings. The highest BCUT2D eigenvalue weighted by atomic mass is 14.7. The van der Waals surface area contributed by atoms with Gasteiger partial charge in [-0.3, -0.25) is 0 Å². The van der Waals surface area contributed by atoms with Crippen LogP contribution in [0.25, 0.3) is 10.9 Å². The fraction of sp³-hybridized carbons (Fsp3) is 0.308. The van der Waals surface area contributed by atoms with Crippen LogP contribution in [0.4, 0.5) is 0 Å². The summed E-state index contributed by atoms with van der Waals surface area (Å²) in [6, 6.07) is 10.6. The van der Waals surface area contributed by atoms with Gasteiger partial charge in [-0.25, -0.2) is 0 Å². The summed E-state index contributed by atoms with van der Waals surface area (Å²) in [6.07, 6.45) is 3.78. The van der Waals surface area contributed by atoms with Crippen molar-refractivity contribution in [3.05, 3.63) is 36.0 Å². The first kappa shape index (κ1) is 9.79. The van der Waals surface area contributed by atoms with E-state index in [-0.39, 0.29) is 5.92 Å². The van der Waals surface area contributed by atoms with E-state index in [1.165, 1.54) is 10.9 Å². The molecule has 2 aromatic rings. The molecule has 1 atom stereocenters. The number of nitrogens with one attached hydrogen (secondary N) is 1. The molecule has 0 fully saturated rings. The smallest absolute Gasteiger partial charge is 0.0659 e. The third-order valence-corrected chi connectivity index (χ3v) is 2.82. The number of nitrogens with zero attached hydrogens (tertiary/aromatic N) is 1. The van der Waals surface area contributed by atoms with Crippen LogP contribution in [0.5, 0.6) is 0 Å². The molecule has 2 heteroatoms. The molecule has 1 N–H and O–H groups in total. The molecule has 0 spiro atoms. The third-order valence-electron chi connectivity index (χ3n) is 2.82. The van der Waals surface area contributed by atoms with Crippen LogP contribution in [-0.4, -0.2) is 4.98 Å². The SMILES string of the molecule is CCC(C#N)Cc1c[nH]c2ccccc12. The maximum Gasteiger partial charge on any atom is 0.0659 e. The van der Waals surface area contributed by atoms with Crippen molar-refractivity contribution in [2.24, 2.45) is 5.92 Å². The van der Waals surface area contributed by atoms with Gasteiger partial charge < -0.3 is 4.98 Å². The molecule has 0 radical (unpaired) electrons. The predicted octanol–water partition coefficient (Wildman–Crippen LogP) is 3.26. The van der Waals surface area contributed by atoms with E-state index in [1.807, 2.05) is 18.3 Å². The lowest BCUT2D eigenvalue weighted by Crippen LogP contribution is -1.98. The van der Waals surface area contributed by atoms with Crippen molar-refractivity contribution in [2.75, 3.05) is 0 Å². The fourth-order valence-electron chi connectivity index (χ4n) is 1.85. The van der Waals surface area contributed by atoms with Gasteiger partial charge in [0.2, 0.25) is 0 Å². The molecule has 0 bridgehead atoms. The Labute approximate surface area is 89.5 Å². The maximum absolute atomic E-state index is 8.94. The highest BCUT2D eigenvalue weighted by Gasteiger charge is 2.09. The van der Waals surface area contributed by atoms with E-state index < -0.39 is 0 Å². The second kappa shape index (κ2) is 4.18. The molecule has 0 amide bonds. The van der Waals surface area contributed by atoms with E-state index in [1.54, 1.807) is 0 Å². The summed E-state index contributed by atoms with van der Waals surface area (Å²) >= 11 is 0. The topological polar surface area (TPSA) is 39.6 Å². The number of aromatic nitrogens is 1. The van der Waals surface area contributed by atoms with E-state index in [4.69, 9.17) is 5.26 Å². The zero-order valence-electron chi connectivity index (χ0n) is 8.83. The molecule has 1 unspecified atom stereocenters. The first-order valence-corrected chi connectivity index (χ1v) is 5.29. The van der Waals surface area contributed by atoms with Crippen molar-refractivity contribution < 1.29 is 0 Å². The van der Waals surface area contributed by atoms with Gasteiger partial charge in [-0.1, -0.05) is 25.1 Å². The summed E-state index contributed by atoms with van der Waals surface area (Å²) in [7, 11) is 0. The Morgan fingerprint density at radius 2 is 2.20 bits per heavy atom. The van der Waals surface area contributed by atoms with Gasteiger partial charge in [0.1, 0.15) is 0 Å². The van der Waals surface area contributed by atoms with Gasteiger partial charge in [0.15, 0.2) is 0 Å². The monoisotopic (exact) mass is 198 g/mol. The summed E-state index contributed by atoms with van der Waals surface area (Å²) in [5, 5.41) is 10.2. The molecular weight excluding hydrogens is 184 g/mol. The summed E-state index contributed by atoms with van der Waals surface area (Å²) < 4.78 is 0. The lowest BCUT2D eigenvalue weighted by Gasteiger charge is -2.03. The zero-order valence-corrected chi connectivity index (χ0v) is 8.83. The predicted molar refractivity (Wildman–Crippen MR) is 61.4 cm³/mol. The van der Waals surface area contributed by atoms with Gasteiger partial charge in [0.25, 0.3) is 0 Å². The lowest BCUT2D eigenvalue weighted by atomic mass is 9.98. The van der Waals surface area contributed by atoms with Gasteiger partial charge in [-0.05, 0) is 24.5 Å². The molecule has 2 rings (SSSR count). The Kier molecular flexibility index (Phi) is 2.73. The lowest BCUT2D eigenvalue weighted by molar-refractivity contribution is 0.640. The number of hydrogen-bond donors (Lipinski definition) is 1. The average Bonchev–Trinajstić information content (AvgIpc) is 2.69. The largest absolute Gasteiger partial charge is 0.361 e. The summed E-state index contributed by atoms with van der Waals surface area (Å²) in [5.41, 5.74) is 2.40. The van der Waals surface area contributed by atoms with Crippen molar-refractivity contribution in [3.63, 3.8) is 0 Å². The molecular formula is C13H14N2. The molecule has 0 aliphatic carbocycles. The van der Waals surface area contributed by atoms with Crippen molar-refractivity contribution in [1.29, 1.82) is 5.26 Å². The number of rotatable bonds is 3. The third kappa shape index (κ3) is 1.87. The molecule has 76 valence electrons. The van der Waals surface area contributed by atoms with Gasteiger partial charge in [0, 0.05) is 17.1 Å². The summed E-state index contributed by atoms with van der Waals surface area (Å²) in [4.78, 5) is 3.23. The second-order valence-corrected chi connectivity index (χ2v) is 3.80. The first-order chi connectivity index (χ1) is 7.35. The Balaban J connectivity index is 2.33. The molecule has 0 aliphatic heterocycles. The van der Waals surface area contributed by atoms with Crippen molar-refractivity contribution in [1.82, 2.24) is 4.98 Å². The number of para-hydroxylation sites is 1. The van der Waals surface area contributed by atoms with Crippen LogP contribution in [0, 0.1) is 17.2 Å². The maximum atomic E-state index is 8.94. The van der Waals surface area contributed by atoms with E-state index in [0.717, 1.165) is 18.4 Å². The standard InChI is InChI=1S/C13H14N2/c1-2-10(8-14)7-11-9-15-13-6-4-3-5-12(11)13/h3-6,9-10,15H,2,7H2,1H3. The highest BCUT2D eigenvalue weighted by molar-refractivity contribution is 5.83. The quantitative estimate of drug-likeness (QED) is 0.807. The summed E-state index contributed by atoms with van der Waals surface area (Å²) in [5.74, 6) is 0.129. The van der Waals surface area contributed by atoms with Crippen molar-refractivity contribution in [3.8, 4) is 6.07 Å². The molecule has 15 heavy (non-hydrogen) atoms. The second-order valence-electron chi connectivity index (χ2n) is 3.80. The minimum atomic E-state index is 0.129. The van der Waals surface area contributed by atoms with Crippen LogP contribution >= 0.6 is 0 Å². The molecule has 1 heterocycles. The van der Waals surface area contributed by atoms with Crippen LogP contribution in [0.1, 0.15) is 18.9 Å². The van der Waals surface area contributed by atoms with Crippen LogP contribution in [0.3, 0.4) is 0 Å². The Bertz CT molecular complexity index is 490. The number of benzene rings is 1. The average molecular weight is 198 g/mol. The van der Waals surface area contributed by atoms with E-state index >= 15 is 0 Å². The van der Waals surface area contributed by atoms with Crippen LogP contribution in [0.15, 0.2) is 30.5 Å². The minimum Gasteiger partial charge on any atom is -0.361 e. The van der Waals surface area contributed by atoms with Gasteiger partial charge in [0.05, 0.1) is 12.0 Å². The van der Waals surface area contributed by atoms with Crippen molar-refractivity contribution >= 4 is 10.9 Å². The fourth-order valence-corrected chi connectivity index (χ4v) is 1.85. The van der Waals surface area contributed by atoms with Crippen molar-refractivity contribution in [2.45, 2.75) is 19.8 Å². The number of hydrogen-bond acceptors (Lipinski definition) is 1. The minimum absolute atomic E-state index is 0.129. The first-order valence-electron chi connectivity index (χ1n) is 5.29. The Morgan fingerprint density at radius 3 is 2.93 bits per heavy atom. The van der Waals surface area contributed by atoms with Crippen LogP contribution < -0.4 is 0 Å². The Morgan fingerprint density at radius 1 is 1.40 bits per heavy atom. The van der Waals surface area contributed by atoms with Crippen LogP contribution in [-0.2, 0) is 6.42 Å². The van der Waals surface area contributed by atoms with E-state index in [2.05, 4.69) is 30.1 Å². The number of aromatic amines is 1. The summed E-state index contributed by atoms with van der Waals surface area (Å²) in [6.45, 7) is 2.06. The number of H-pyrrole nitrogens is 1. The van der Waals surface area contributed by atoms with Gasteiger partial charge >= 0.3 is 0 Å². The van der Waals surface area contributed by atoms with Crippen LogP contribution in [0.2, 0.25) is 0 Å².